The van der Waals surface area contributed by atoms with Crippen molar-refractivity contribution in [2.75, 3.05) is 59.4 Å². The van der Waals surface area contributed by atoms with Crippen molar-refractivity contribution in [1.29, 1.82) is 0 Å². The van der Waals surface area contributed by atoms with Gasteiger partial charge >= 0.3 is 0 Å². The van der Waals surface area contributed by atoms with Gasteiger partial charge in [-0.1, -0.05) is 60.7 Å². The first kappa shape index (κ1) is 19.6. The lowest BCUT2D eigenvalue weighted by atomic mass is 10.1. The number of rotatable bonds is 6. The maximum absolute atomic E-state index is 2.72. The van der Waals surface area contributed by atoms with Gasteiger partial charge in [-0.05, 0) is 18.2 Å². The molecule has 2 aliphatic rings. The minimum absolute atomic E-state index is 0.598. The molecule has 2 saturated heterocycles. The van der Waals surface area contributed by atoms with Gasteiger partial charge in [0.25, 0.3) is 0 Å². The second-order valence-electron chi connectivity index (χ2n) is 8.43. The van der Waals surface area contributed by atoms with Gasteiger partial charge in [0.2, 0.25) is 0 Å². The standard InChI is InChI=1S/C24H34N4/c1-25-12-14-26(15-13-25)20-24-21-27(18-22-8-4-2-5-9-22)16-17-28(24)19-23-10-6-3-7-11-23/h2-11,24H,12-21H2,1H3. The molecular weight excluding hydrogens is 344 g/mol. The maximum atomic E-state index is 2.72. The molecule has 0 aromatic heterocycles. The minimum atomic E-state index is 0.598. The van der Waals surface area contributed by atoms with E-state index in [-0.39, 0.29) is 0 Å². The van der Waals surface area contributed by atoms with E-state index < -0.39 is 0 Å². The molecule has 4 nitrogen and oxygen atoms in total. The molecule has 0 aliphatic carbocycles. The summed E-state index contributed by atoms with van der Waals surface area (Å²) in [6.07, 6.45) is 0. The molecule has 150 valence electrons. The summed E-state index contributed by atoms with van der Waals surface area (Å²) < 4.78 is 0. The van der Waals surface area contributed by atoms with Crippen molar-refractivity contribution < 1.29 is 0 Å². The zero-order chi connectivity index (χ0) is 19.2. The lowest BCUT2D eigenvalue weighted by Gasteiger charge is -2.44. The molecule has 2 aromatic rings. The molecule has 2 aromatic carbocycles. The van der Waals surface area contributed by atoms with Crippen LogP contribution >= 0.6 is 0 Å². The fourth-order valence-corrected chi connectivity index (χ4v) is 4.47. The van der Waals surface area contributed by atoms with Crippen molar-refractivity contribution in [2.45, 2.75) is 19.1 Å². The quantitative estimate of drug-likeness (QED) is 0.766. The summed E-state index contributed by atoms with van der Waals surface area (Å²) in [7, 11) is 2.24. The molecule has 0 N–H and O–H groups in total. The highest BCUT2D eigenvalue weighted by Gasteiger charge is 2.29. The normalized spacial score (nSPS) is 23.1. The summed E-state index contributed by atoms with van der Waals surface area (Å²) in [6, 6.07) is 22.5. The Morgan fingerprint density at radius 2 is 1.25 bits per heavy atom. The van der Waals surface area contributed by atoms with Crippen LogP contribution in [0, 0.1) is 0 Å². The Morgan fingerprint density at radius 3 is 1.89 bits per heavy atom. The first-order valence-electron chi connectivity index (χ1n) is 10.7. The molecule has 4 rings (SSSR count). The number of nitrogens with zero attached hydrogens (tertiary/aromatic N) is 4. The van der Waals surface area contributed by atoms with Gasteiger partial charge in [0.1, 0.15) is 0 Å². The van der Waals surface area contributed by atoms with E-state index in [4.69, 9.17) is 0 Å². The minimum Gasteiger partial charge on any atom is -0.304 e. The third kappa shape index (κ3) is 5.42. The molecule has 2 fully saturated rings. The molecule has 2 heterocycles. The third-order valence-electron chi connectivity index (χ3n) is 6.23. The van der Waals surface area contributed by atoms with E-state index in [2.05, 4.69) is 87.3 Å². The van der Waals surface area contributed by atoms with Crippen LogP contribution in [0.1, 0.15) is 11.1 Å². The number of likely N-dealkylation sites (N-methyl/N-ethyl adjacent to an activating group) is 1. The lowest BCUT2D eigenvalue weighted by Crippen LogP contribution is -2.58. The molecule has 0 saturated carbocycles. The Morgan fingerprint density at radius 1 is 0.679 bits per heavy atom. The van der Waals surface area contributed by atoms with E-state index in [1.165, 1.54) is 43.9 Å². The Hall–Kier alpha value is -1.72. The average molecular weight is 379 g/mol. The smallest absolute Gasteiger partial charge is 0.0354 e. The first-order valence-corrected chi connectivity index (χ1v) is 10.7. The van der Waals surface area contributed by atoms with E-state index in [0.717, 1.165) is 32.7 Å². The Bertz CT molecular complexity index is 697. The van der Waals surface area contributed by atoms with Crippen LogP contribution in [-0.4, -0.2) is 85.0 Å². The summed E-state index contributed by atoms with van der Waals surface area (Å²) in [5.74, 6) is 0. The Labute approximate surface area is 170 Å². The predicted molar refractivity (Wildman–Crippen MR) is 116 cm³/mol. The average Bonchev–Trinajstić information content (AvgIpc) is 2.73. The topological polar surface area (TPSA) is 13.0 Å². The van der Waals surface area contributed by atoms with Crippen LogP contribution < -0.4 is 0 Å². The fourth-order valence-electron chi connectivity index (χ4n) is 4.47. The number of piperazine rings is 2. The highest BCUT2D eigenvalue weighted by molar-refractivity contribution is 5.16. The van der Waals surface area contributed by atoms with Crippen LogP contribution in [0.15, 0.2) is 60.7 Å². The lowest BCUT2D eigenvalue weighted by molar-refractivity contribution is 0.0319. The predicted octanol–water partition coefficient (Wildman–Crippen LogP) is 2.62. The number of benzene rings is 2. The first-order chi connectivity index (χ1) is 13.8. The Kier molecular flexibility index (Phi) is 6.76. The van der Waals surface area contributed by atoms with Gasteiger partial charge in [-0.2, -0.15) is 0 Å². The second kappa shape index (κ2) is 9.66. The van der Waals surface area contributed by atoms with Crippen LogP contribution in [0.2, 0.25) is 0 Å². The van der Waals surface area contributed by atoms with Crippen molar-refractivity contribution >= 4 is 0 Å². The summed E-state index contributed by atoms with van der Waals surface area (Å²) in [5.41, 5.74) is 2.86. The molecule has 2 aliphatic heterocycles. The molecule has 1 unspecified atom stereocenters. The van der Waals surface area contributed by atoms with E-state index in [0.29, 0.717) is 6.04 Å². The van der Waals surface area contributed by atoms with Crippen LogP contribution in [-0.2, 0) is 13.1 Å². The molecule has 4 heteroatoms. The molecule has 0 bridgehead atoms. The van der Waals surface area contributed by atoms with Gasteiger partial charge in [0.15, 0.2) is 0 Å². The molecule has 0 spiro atoms. The van der Waals surface area contributed by atoms with Crippen molar-refractivity contribution in [1.82, 2.24) is 19.6 Å². The van der Waals surface area contributed by atoms with Gasteiger partial charge in [-0.3, -0.25) is 14.7 Å². The highest BCUT2D eigenvalue weighted by atomic mass is 15.3. The highest BCUT2D eigenvalue weighted by Crippen LogP contribution is 2.18. The van der Waals surface area contributed by atoms with Crippen LogP contribution in [0.3, 0.4) is 0 Å². The summed E-state index contributed by atoms with van der Waals surface area (Å²) >= 11 is 0. The molecular formula is C24H34N4. The summed E-state index contributed by atoms with van der Waals surface area (Å²) in [6.45, 7) is 11.6. The van der Waals surface area contributed by atoms with Crippen LogP contribution in [0.4, 0.5) is 0 Å². The Balaban J connectivity index is 1.41. The number of hydrogen-bond donors (Lipinski definition) is 0. The van der Waals surface area contributed by atoms with Crippen molar-refractivity contribution in [3.8, 4) is 0 Å². The zero-order valence-electron chi connectivity index (χ0n) is 17.2. The zero-order valence-corrected chi connectivity index (χ0v) is 17.2. The van der Waals surface area contributed by atoms with Gasteiger partial charge in [0, 0.05) is 71.5 Å². The third-order valence-corrected chi connectivity index (χ3v) is 6.23. The SMILES string of the molecule is CN1CCN(CC2CN(Cc3ccccc3)CCN2Cc2ccccc2)CC1. The van der Waals surface area contributed by atoms with Crippen molar-refractivity contribution in [2.24, 2.45) is 0 Å². The maximum Gasteiger partial charge on any atom is 0.0354 e. The van der Waals surface area contributed by atoms with Crippen molar-refractivity contribution in [3.05, 3.63) is 71.8 Å². The van der Waals surface area contributed by atoms with Crippen LogP contribution in [0.25, 0.3) is 0 Å². The van der Waals surface area contributed by atoms with Gasteiger partial charge in [0.05, 0.1) is 0 Å². The number of hydrogen-bond acceptors (Lipinski definition) is 4. The monoisotopic (exact) mass is 378 g/mol. The summed E-state index contributed by atoms with van der Waals surface area (Å²) in [5, 5.41) is 0. The molecule has 28 heavy (non-hydrogen) atoms. The molecule has 0 amide bonds. The summed E-state index contributed by atoms with van der Waals surface area (Å²) in [4.78, 5) is 10.5. The van der Waals surface area contributed by atoms with Gasteiger partial charge in [-0.15, -0.1) is 0 Å². The van der Waals surface area contributed by atoms with E-state index >= 15 is 0 Å². The van der Waals surface area contributed by atoms with E-state index in [1.54, 1.807) is 0 Å². The largest absolute Gasteiger partial charge is 0.304 e. The van der Waals surface area contributed by atoms with E-state index in [9.17, 15) is 0 Å². The van der Waals surface area contributed by atoms with Crippen LogP contribution in [0.5, 0.6) is 0 Å². The fraction of sp³-hybridized carbons (Fsp3) is 0.500. The van der Waals surface area contributed by atoms with Gasteiger partial charge < -0.3 is 4.90 Å². The van der Waals surface area contributed by atoms with E-state index in [1.807, 2.05) is 0 Å². The molecule has 1 atom stereocenters. The van der Waals surface area contributed by atoms with Gasteiger partial charge in [-0.25, -0.2) is 0 Å². The molecule has 0 radical (unpaired) electrons. The van der Waals surface area contributed by atoms with Crippen molar-refractivity contribution in [3.63, 3.8) is 0 Å². The second-order valence-corrected chi connectivity index (χ2v) is 8.43.